The van der Waals surface area contributed by atoms with Crippen LogP contribution in [0.3, 0.4) is 0 Å². The third-order valence-electron chi connectivity index (χ3n) is 2.93. The molecule has 2 N–H and O–H groups in total. The van der Waals surface area contributed by atoms with E-state index in [9.17, 15) is 18.5 Å². The van der Waals surface area contributed by atoms with Crippen molar-refractivity contribution in [1.82, 2.24) is 9.71 Å². The highest BCUT2D eigenvalue weighted by Crippen LogP contribution is 2.29. The zero-order chi connectivity index (χ0) is 15.6. The predicted octanol–water partition coefficient (Wildman–Crippen LogP) is 2.36. The Morgan fingerprint density at radius 1 is 1.43 bits per heavy atom. The Hall–Kier alpha value is -1.90. The Bertz CT molecular complexity index is 772. The summed E-state index contributed by atoms with van der Waals surface area (Å²) in [6, 6.07) is 3.91. The first-order valence-corrected chi connectivity index (χ1v) is 7.73. The summed E-state index contributed by atoms with van der Waals surface area (Å²) in [5.41, 5.74) is 0.641. The first-order valence-electron chi connectivity index (χ1n) is 5.87. The van der Waals surface area contributed by atoms with E-state index in [1.807, 2.05) is 0 Å². The van der Waals surface area contributed by atoms with E-state index in [0.717, 1.165) is 11.6 Å². The van der Waals surface area contributed by atoms with Crippen LogP contribution in [0.1, 0.15) is 11.1 Å². The van der Waals surface area contributed by atoms with Crippen LogP contribution in [0.5, 0.6) is 0 Å². The van der Waals surface area contributed by atoms with Gasteiger partial charge >= 0.3 is 0 Å². The summed E-state index contributed by atoms with van der Waals surface area (Å²) in [4.78, 5) is 12.8. The number of H-pyrrole nitrogens is 1. The number of aromatic nitrogens is 1. The molecule has 1 aromatic heterocycles. The van der Waals surface area contributed by atoms with Crippen molar-refractivity contribution < 1.29 is 13.3 Å². The molecule has 0 aliphatic heterocycles. The van der Waals surface area contributed by atoms with Crippen molar-refractivity contribution in [2.24, 2.45) is 0 Å². The van der Waals surface area contributed by atoms with Crippen LogP contribution in [-0.4, -0.2) is 18.3 Å². The summed E-state index contributed by atoms with van der Waals surface area (Å²) in [6.07, 6.45) is 3.31. The second-order valence-corrected chi connectivity index (χ2v) is 6.52. The van der Waals surface area contributed by atoms with Gasteiger partial charge in [-0.3, -0.25) is 10.1 Å². The molecule has 21 heavy (non-hydrogen) atoms. The van der Waals surface area contributed by atoms with Crippen molar-refractivity contribution in [3.05, 3.63) is 56.9 Å². The predicted molar refractivity (Wildman–Crippen MR) is 77.7 cm³/mol. The highest BCUT2D eigenvalue weighted by Gasteiger charge is 2.22. The van der Waals surface area contributed by atoms with E-state index in [-0.39, 0.29) is 27.7 Å². The highest BCUT2D eigenvalue weighted by atomic mass is 35.5. The van der Waals surface area contributed by atoms with Crippen LogP contribution in [0.2, 0.25) is 5.02 Å². The quantitative estimate of drug-likeness (QED) is 0.648. The second-order valence-electron chi connectivity index (χ2n) is 4.35. The first-order chi connectivity index (χ1) is 9.81. The molecule has 7 nitrogen and oxygen atoms in total. The molecule has 2 aromatic rings. The summed E-state index contributed by atoms with van der Waals surface area (Å²) >= 11 is 5.87. The molecule has 2 rings (SSSR count). The van der Waals surface area contributed by atoms with Gasteiger partial charge in [0, 0.05) is 30.6 Å². The van der Waals surface area contributed by atoms with Gasteiger partial charge in [0.15, 0.2) is 0 Å². The molecule has 0 aliphatic rings. The zero-order valence-electron chi connectivity index (χ0n) is 11.0. The zero-order valence-corrected chi connectivity index (χ0v) is 12.5. The van der Waals surface area contributed by atoms with Crippen molar-refractivity contribution in [1.29, 1.82) is 0 Å². The largest absolute Gasteiger partial charge is 0.367 e. The van der Waals surface area contributed by atoms with Gasteiger partial charge < -0.3 is 4.98 Å². The van der Waals surface area contributed by atoms with Gasteiger partial charge in [-0.2, -0.15) is 0 Å². The molecule has 0 spiro atoms. The number of nitro benzene ring substituents is 1. The molecule has 0 saturated heterocycles. The molecule has 0 atom stereocenters. The van der Waals surface area contributed by atoms with Gasteiger partial charge in [-0.15, -0.1) is 0 Å². The molecule has 0 aliphatic carbocycles. The molecule has 112 valence electrons. The Kier molecular flexibility index (Phi) is 4.31. The molecule has 1 heterocycles. The molecular weight excluding hydrogens is 318 g/mol. The topological polar surface area (TPSA) is 105 Å². The molecule has 9 heteroatoms. The molecule has 1 aromatic carbocycles. The maximum absolute atomic E-state index is 12.2. The Morgan fingerprint density at radius 3 is 2.71 bits per heavy atom. The van der Waals surface area contributed by atoms with Gasteiger partial charge in [-0.1, -0.05) is 11.6 Å². The van der Waals surface area contributed by atoms with Crippen molar-refractivity contribution in [3.8, 4) is 0 Å². The van der Waals surface area contributed by atoms with Crippen LogP contribution >= 0.6 is 11.6 Å². The number of sulfonamides is 1. The van der Waals surface area contributed by atoms with E-state index in [4.69, 9.17) is 11.6 Å². The summed E-state index contributed by atoms with van der Waals surface area (Å²) < 4.78 is 26.7. The SMILES string of the molecule is Cc1c(Cl)cc(S(=O)(=O)NCc2cc[nH]c2)cc1[N+](=O)[O-]. The average molecular weight is 330 g/mol. The monoisotopic (exact) mass is 329 g/mol. The Labute approximate surface area is 126 Å². The van der Waals surface area contributed by atoms with Crippen LogP contribution in [0.4, 0.5) is 5.69 Å². The van der Waals surface area contributed by atoms with Gasteiger partial charge in [-0.05, 0) is 24.6 Å². The number of nitro groups is 1. The van der Waals surface area contributed by atoms with Gasteiger partial charge in [0.1, 0.15) is 0 Å². The second kappa shape index (κ2) is 5.84. The maximum Gasteiger partial charge on any atom is 0.275 e. The van der Waals surface area contributed by atoms with Crippen molar-refractivity contribution in [3.63, 3.8) is 0 Å². The maximum atomic E-state index is 12.2. The fraction of sp³-hybridized carbons (Fsp3) is 0.167. The fourth-order valence-corrected chi connectivity index (χ4v) is 3.06. The van der Waals surface area contributed by atoms with Gasteiger partial charge in [-0.25, -0.2) is 13.1 Å². The number of hydrogen-bond acceptors (Lipinski definition) is 4. The van der Waals surface area contributed by atoms with Crippen LogP contribution < -0.4 is 4.72 Å². The lowest BCUT2D eigenvalue weighted by Crippen LogP contribution is -2.23. The molecule has 0 fully saturated rings. The standard InChI is InChI=1S/C12H12ClN3O4S/c1-8-11(13)4-10(5-12(8)16(17)18)21(19,20)15-7-9-2-3-14-6-9/h2-6,14-15H,7H2,1H3. The number of hydrogen-bond donors (Lipinski definition) is 2. The lowest BCUT2D eigenvalue weighted by Gasteiger charge is -2.08. The van der Waals surface area contributed by atoms with E-state index < -0.39 is 14.9 Å². The lowest BCUT2D eigenvalue weighted by molar-refractivity contribution is -0.385. The van der Waals surface area contributed by atoms with Gasteiger partial charge in [0.25, 0.3) is 5.69 Å². The summed E-state index contributed by atoms with van der Waals surface area (Å²) in [5.74, 6) is 0. The lowest BCUT2D eigenvalue weighted by atomic mass is 10.2. The Morgan fingerprint density at radius 2 is 2.14 bits per heavy atom. The minimum Gasteiger partial charge on any atom is -0.367 e. The molecule has 0 radical (unpaired) electrons. The van der Waals surface area contributed by atoms with Crippen LogP contribution in [0, 0.1) is 17.0 Å². The third kappa shape index (κ3) is 3.41. The first kappa shape index (κ1) is 15.5. The van der Waals surface area contributed by atoms with E-state index in [0.29, 0.717) is 0 Å². The summed E-state index contributed by atoms with van der Waals surface area (Å²) in [7, 11) is -3.88. The normalized spacial score (nSPS) is 11.5. The van der Waals surface area contributed by atoms with Crippen molar-refractivity contribution >= 4 is 27.3 Å². The number of nitrogens with zero attached hydrogens (tertiary/aromatic N) is 1. The number of rotatable bonds is 5. The minimum atomic E-state index is -3.88. The summed E-state index contributed by atoms with van der Waals surface area (Å²) in [5, 5.41) is 11.0. The van der Waals surface area contributed by atoms with Crippen LogP contribution in [-0.2, 0) is 16.6 Å². The Balaban J connectivity index is 2.33. The third-order valence-corrected chi connectivity index (χ3v) is 4.70. The molecule has 0 amide bonds. The van der Waals surface area contributed by atoms with E-state index in [2.05, 4.69) is 9.71 Å². The van der Waals surface area contributed by atoms with Crippen LogP contribution in [0.25, 0.3) is 0 Å². The van der Waals surface area contributed by atoms with Crippen molar-refractivity contribution in [2.75, 3.05) is 0 Å². The highest BCUT2D eigenvalue weighted by molar-refractivity contribution is 7.89. The molecule has 0 unspecified atom stereocenters. The van der Waals surface area contributed by atoms with Gasteiger partial charge in [0.05, 0.1) is 14.8 Å². The number of halogens is 1. The number of aromatic amines is 1. The molecule has 0 saturated carbocycles. The fourth-order valence-electron chi connectivity index (χ4n) is 1.72. The molecular formula is C12H12ClN3O4S. The minimum absolute atomic E-state index is 0.0335. The van der Waals surface area contributed by atoms with E-state index in [1.54, 1.807) is 18.5 Å². The smallest absolute Gasteiger partial charge is 0.275 e. The van der Waals surface area contributed by atoms with Gasteiger partial charge in [0.2, 0.25) is 10.0 Å². The number of benzene rings is 1. The number of nitrogens with one attached hydrogen (secondary N) is 2. The van der Waals surface area contributed by atoms with E-state index >= 15 is 0 Å². The van der Waals surface area contributed by atoms with Crippen molar-refractivity contribution in [2.45, 2.75) is 18.4 Å². The van der Waals surface area contributed by atoms with E-state index in [1.165, 1.54) is 13.0 Å². The summed E-state index contributed by atoms with van der Waals surface area (Å²) in [6.45, 7) is 1.54. The average Bonchev–Trinajstić information content (AvgIpc) is 2.92. The van der Waals surface area contributed by atoms with Crippen LogP contribution in [0.15, 0.2) is 35.5 Å². The molecule has 0 bridgehead atoms.